The van der Waals surface area contributed by atoms with Gasteiger partial charge in [-0.05, 0) is 73.8 Å². The fourth-order valence-corrected chi connectivity index (χ4v) is 6.64. The Morgan fingerprint density at radius 2 is 2.12 bits per heavy atom. The van der Waals surface area contributed by atoms with Crippen molar-refractivity contribution >= 4 is 34.0 Å². The SMILES string of the molecule is COc1ccc2ncc(CF)c([C@H](F)CCC3(CO)CCN(CCSc4cccs4)CC3)c2c1. The second-order valence-corrected chi connectivity index (χ2v) is 11.3. The van der Waals surface area contributed by atoms with Gasteiger partial charge in [-0.15, -0.1) is 23.1 Å². The minimum Gasteiger partial charge on any atom is -0.497 e. The summed E-state index contributed by atoms with van der Waals surface area (Å²) in [6.45, 7) is 2.12. The number of benzene rings is 1. The van der Waals surface area contributed by atoms with Gasteiger partial charge >= 0.3 is 0 Å². The largest absolute Gasteiger partial charge is 0.497 e. The zero-order chi connectivity index (χ0) is 24.0. The van der Waals surface area contributed by atoms with Gasteiger partial charge in [-0.25, -0.2) is 8.78 Å². The van der Waals surface area contributed by atoms with Crippen LogP contribution in [0.1, 0.15) is 43.0 Å². The van der Waals surface area contributed by atoms with Crippen LogP contribution in [0.25, 0.3) is 10.9 Å². The summed E-state index contributed by atoms with van der Waals surface area (Å²) in [5.41, 5.74) is 0.992. The zero-order valence-electron chi connectivity index (χ0n) is 19.5. The number of alkyl halides is 2. The Morgan fingerprint density at radius 3 is 2.79 bits per heavy atom. The molecule has 34 heavy (non-hydrogen) atoms. The van der Waals surface area contributed by atoms with Gasteiger partial charge in [0.25, 0.3) is 0 Å². The lowest BCUT2D eigenvalue weighted by atomic mass is 9.74. The number of nitrogens with zero attached hydrogens (tertiary/aromatic N) is 2. The van der Waals surface area contributed by atoms with Gasteiger partial charge in [0, 0.05) is 41.6 Å². The maximum absolute atomic E-state index is 15.7. The Labute approximate surface area is 208 Å². The minimum absolute atomic E-state index is 0.0540. The van der Waals surface area contributed by atoms with Gasteiger partial charge in [-0.1, -0.05) is 6.07 Å². The highest BCUT2D eigenvalue weighted by Crippen LogP contribution is 2.41. The number of aromatic nitrogens is 1. The van der Waals surface area contributed by atoms with Gasteiger partial charge in [0.2, 0.25) is 0 Å². The number of likely N-dealkylation sites (tertiary alicyclic amines) is 1. The van der Waals surface area contributed by atoms with E-state index in [4.69, 9.17) is 4.74 Å². The molecule has 0 radical (unpaired) electrons. The molecule has 4 rings (SSSR count). The second kappa shape index (κ2) is 11.8. The van der Waals surface area contributed by atoms with Crippen LogP contribution in [-0.2, 0) is 6.67 Å². The molecule has 0 saturated carbocycles. The molecule has 1 fully saturated rings. The molecule has 1 aliphatic heterocycles. The van der Waals surface area contributed by atoms with Crippen LogP contribution in [0.4, 0.5) is 8.78 Å². The molecule has 0 unspecified atom stereocenters. The Morgan fingerprint density at radius 1 is 1.29 bits per heavy atom. The van der Waals surface area contributed by atoms with E-state index >= 15 is 4.39 Å². The smallest absolute Gasteiger partial charge is 0.126 e. The van der Waals surface area contributed by atoms with Crippen molar-refractivity contribution in [1.82, 2.24) is 9.88 Å². The number of fused-ring (bicyclic) bond motifs is 1. The molecule has 1 atom stereocenters. The van der Waals surface area contributed by atoms with Gasteiger partial charge in [-0.2, -0.15) is 0 Å². The topological polar surface area (TPSA) is 45.6 Å². The summed E-state index contributed by atoms with van der Waals surface area (Å²) < 4.78 is 36.0. The number of methoxy groups -OCH3 is 1. The van der Waals surface area contributed by atoms with Crippen molar-refractivity contribution in [3.8, 4) is 5.75 Å². The molecule has 1 N–H and O–H groups in total. The summed E-state index contributed by atoms with van der Waals surface area (Å²) in [4.78, 5) is 6.73. The number of pyridine rings is 1. The lowest BCUT2D eigenvalue weighted by Crippen LogP contribution is -2.42. The van der Waals surface area contributed by atoms with Gasteiger partial charge in [0.15, 0.2) is 0 Å². The summed E-state index contributed by atoms with van der Waals surface area (Å²) >= 11 is 3.65. The van der Waals surface area contributed by atoms with E-state index in [1.54, 1.807) is 36.6 Å². The monoisotopic (exact) mass is 506 g/mol. The van der Waals surface area contributed by atoms with Crippen molar-refractivity contribution in [1.29, 1.82) is 0 Å². The molecule has 1 aliphatic rings. The molecule has 184 valence electrons. The first-order valence-corrected chi connectivity index (χ1v) is 13.6. The summed E-state index contributed by atoms with van der Waals surface area (Å²) in [6.07, 6.45) is 2.62. The van der Waals surface area contributed by atoms with E-state index in [0.29, 0.717) is 28.6 Å². The molecule has 0 amide bonds. The highest BCUT2D eigenvalue weighted by Gasteiger charge is 2.35. The van der Waals surface area contributed by atoms with E-state index < -0.39 is 12.8 Å². The predicted molar refractivity (Wildman–Crippen MR) is 136 cm³/mol. The Balaban J connectivity index is 1.38. The maximum atomic E-state index is 15.7. The van der Waals surface area contributed by atoms with Gasteiger partial charge in [0.1, 0.15) is 18.6 Å². The molecule has 0 bridgehead atoms. The number of aliphatic hydroxyl groups excluding tert-OH is 1. The first-order chi connectivity index (χ1) is 16.6. The summed E-state index contributed by atoms with van der Waals surface area (Å²) in [7, 11) is 1.55. The van der Waals surface area contributed by atoms with Crippen LogP contribution in [0.2, 0.25) is 0 Å². The van der Waals surface area contributed by atoms with Crippen molar-refractivity contribution in [2.24, 2.45) is 5.41 Å². The van der Waals surface area contributed by atoms with E-state index in [1.807, 2.05) is 11.8 Å². The highest BCUT2D eigenvalue weighted by atomic mass is 32.2. The molecule has 4 nitrogen and oxygen atoms in total. The van der Waals surface area contributed by atoms with Crippen LogP contribution in [-0.4, -0.2) is 54.1 Å². The third kappa shape index (κ3) is 5.90. The van der Waals surface area contributed by atoms with E-state index in [2.05, 4.69) is 27.4 Å². The normalized spacial score (nSPS) is 17.2. The summed E-state index contributed by atoms with van der Waals surface area (Å²) in [6, 6.07) is 9.50. The molecule has 1 saturated heterocycles. The molecule has 2 aromatic heterocycles. The van der Waals surface area contributed by atoms with E-state index in [9.17, 15) is 9.50 Å². The van der Waals surface area contributed by atoms with E-state index in [0.717, 1.165) is 38.2 Å². The maximum Gasteiger partial charge on any atom is 0.126 e. The molecular weight excluding hydrogens is 474 g/mol. The van der Waals surface area contributed by atoms with Crippen molar-refractivity contribution in [2.75, 3.05) is 39.1 Å². The van der Waals surface area contributed by atoms with E-state index in [-0.39, 0.29) is 24.0 Å². The first-order valence-electron chi connectivity index (χ1n) is 11.7. The standard InChI is InChI=1S/C26H32F2N2O2S2/c1-32-20-4-5-23-21(15-20)25(19(16-27)17-29-23)22(28)6-7-26(18-31)8-10-30(11-9-26)12-14-34-24-3-2-13-33-24/h2-5,13,15,17,22,31H,6-12,14,16,18H2,1H3/t22-/m1/s1. The molecule has 0 spiro atoms. The Kier molecular flexibility index (Phi) is 8.80. The van der Waals surface area contributed by atoms with Crippen molar-refractivity contribution < 1.29 is 18.6 Å². The number of hydrogen-bond donors (Lipinski definition) is 1. The highest BCUT2D eigenvalue weighted by molar-refractivity contribution is 8.01. The number of rotatable bonds is 11. The summed E-state index contributed by atoms with van der Waals surface area (Å²) in [5, 5.41) is 12.9. The van der Waals surface area contributed by atoms with Crippen molar-refractivity contribution in [2.45, 2.75) is 42.7 Å². The molecule has 1 aromatic carbocycles. The number of ether oxygens (including phenoxy) is 1. The van der Waals surface area contributed by atoms with Crippen LogP contribution >= 0.6 is 23.1 Å². The fraction of sp³-hybridized carbons (Fsp3) is 0.500. The van der Waals surface area contributed by atoms with Crippen LogP contribution < -0.4 is 4.74 Å². The zero-order valence-corrected chi connectivity index (χ0v) is 21.1. The lowest BCUT2D eigenvalue weighted by molar-refractivity contribution is 0.0322. The minimum atomic E-state index is -1.33. The quantitative estimate of drug-likeness (QED) is 0.304. The average molecular weight is 507 g/mol. The molecule has 8 heteroatoms. The number of thiophene rings is 1. The number of piperidine rings is 1. The third-order valence-electron chi connectivity index (χ3n) is 6.98. The van der Waals surface area contributed by atoms with Crippen molar-refractivity contribution in [3.63, 3.8) is 0 Å². The molecule has 3 aromatic rings. The number of thioether (sulfide) groups is 1. The van der Waals surface area contributed by atoms with Gasteiger partial charge in [-0.3, -0.25) is 4.98 Å². The molecule has 3 heterocycles. The van der Waals surface area contributed by atoms with Crippen LogP contribution in [0, 0.1) is 5.41 Å². The fourth-order valence-electron chi connectivity index (χ4n) is 4.77. The number of aliphatic hydroxyl groups is 1. The number of hydrogen-bond acceptors (Lipinski definition) is 6. The van der Waals surface area contributed by atoms with E-state index in [1.165, 1.54) is 10.4 Å². The third-order valence-corrected chi connectivity index (χ3v) is 9.09. The predicted octanol–water partition coefficient (Wildman–Crippen LogP) is 6.43. The van der Waals surface area contributed by atoms with Crippen LogP contribution in [0.3, 0.4) is 0 Å². The Hall–Kier alpha value is -1.74. The van der Waals surface area contributed by atoms with Crippen LogP contribution in [0.15, 0.2) is 46.1 Å². The second-order valence-electron chi connectivity index (χ2n) is 9.00. The first kappa shape index (κ1) is 25.4. The Bertz CT molecular complexity index is 1050. The average Bonchev–Trinajstić information content (AvgIpc) is 3.40. The number of halogens is 2. The van der Waals surface area contributed by atoms with Gasteiger partial charge in [0.05, 0.1) is 16.8 Å². The lowest BCUT2D eigenvalue weighted by Gasteiger charge is -2.41. The van der Waals surface area contributed by atoms with Gasteiger partial charge < -0.3 is 14.7 Å². The molecular formula is C26H32F2N2O2S2. The summed E-state index contributed by atoms with van der Waals surface area (Å²) in [5.74, 6) is 1.64. The molecule has 0 aliphatic carbocycles. The van der Waals surface area contributed by atoms with Crippen molar-refractivity contribution in [3.05, 3.63) is 53.0 Å². The van der Waals surface area contributed by atoms with Crippen LogP contribution in [0.5, 0.6) is 5.75 Å².